The van der Waals surface area contributed by atoms with Crippen molar-refractivity contribution < 1.29 is 18.0 Å². The van der Waals surface area contributed by atoms with E-state index in [1.807, 2.05) is 18.4 Å². The fourth-order valence-corrected chi connectivity index (χ4v) is 3.63. The fraction of sp³-hybridized carbons (Fsp3) is 0.278. The minimum absolute atomic E-state index is 0.0195. The first-order valence-electron chi connectivity index (χ1n) is 8.31. The van der Waals surface area contributed by atoms with Crippen LogP contribution >= 0.6 is 11.3 Å². The second-order valence-corrected chi connectivity index (χ2v) is 7.32. The number of anilines is 1. The highest BCUT2D eigenvalue weighted by molar-refractivity contribution is 7.10. The van der Waals surface area contributed by atoms with Gasteiger partial charge in [-0.15, -0.1) is 11.3 Å². The van der Waals surface area contributed by atoms with E-state index in [-0.39, 0.29) is 12.2 Å². The van der Waals surface area contributed by atoms with Crippen molar-refractivity contribution in [3.63, 3.8) is 0 Å². The molecule has 0 aliphatic heterocycles. The molecule has 0 fully saturated rings. The topological polar surface area (TPSA) is 63.1 Å². The van der Waals surface area contributed by atoms with E-state index in [1.54, 1.807) is 23.3 Å². The van der Waals surface area contributed by atoms with Gasteiger partial charge in [0, 0.05) is 11.4 Å². The van der Waals surface area contributed by atoms with E-state index in [0.717, 1.165) is 22.6 Å². The molecule has 28 heavy (non-hydrogen) atoms. The van der Waals surface area contributed by atoms with E-state index in [2.05, 4.69) is 15.4 Å². The number of nitrogens with one attached hydrogen (secondary N) is 1. The molecule has 2 heterocycles. The van der Waals surface area contributed by atoms with E-state index < -0.39 is 17.6 Å². The lowest BCUT2D eigenvalue weighted by Crippen LogP contribution is -2.30. The lowest BCUT2D eigenvalue weighted by atomic mass is 10.1. The number of hydrogen-bond acceptors (Lipinski definition) is 5. The maximum absolute atomic E-state index is 13.1. The van der Waals surface area contributed by atoms with Crippen molar-refractivity contribution >= 4 is 22.9 Å². The number of halogens is 3. The highest BCUT2D eigenvalue weighted by Gasteiger charge is 2.31. The zero-order chi connectivity index (χ0) is 20.3. The predicted octanol–water partition coefficient (Wildman–Crippen LogP) is 3.73. The highest BCUT2D eigenvalue weighted by Crippen LogP contribution is 2.33. The van der Waals surface area contributed by atoms with Crippen LogP contribution in [0.5, 0.6) is 0 Å². The van der Waals surface area contributed by atoms with Crippen molar-refractivity contribution in [1.82, 2.24) is 19.7 Å². The van der Waals surface area contributed by atoms with Gasteiger partial charge in [0.2, 0.25) is 5.91 Å². The molecule has 0 spiro atoms. The van der Waals surface area contributed by atoms with Crippen LogP contribution in [0.15, 0.2) is 42.3 Å². The molecule has 0 saturated heterocycles. The van der Waals surface area contributed by atoms with Crippen LogP contribution in [0.2, 0.25) is 0 Å². The Kier molecular flexibility index (Phi) is 5.80. The number of amides is 1. The Morgan fingerprint density at radius 1 is 1.32 bits per heavy atom. The number of aromatic nitrogens is 3. The summed E-state index contributed by atoms with van der Waals surface area (Å²) in [6.45, 7) is 2.60. The van der Waals surface area contributed by atoms with Crippen LogP contribution in [0.25, 0.3) is 5.69 Å². The largest absolute Gasteiger partial charge is 0.416 e. The van der Waals surface area contributed by atoms with Gasteiger partial charge < -0.3 is 5.32 Å². The maximum atomic E-state index is 13.1. The second-order valence-electron chi connectivity index (χ2n) is 6.32. The van der Waals surface area contributed by atoms with E-state index in [9.17, 15) is 18.0 Å². The van der Waals surface area contributed by atoms with Gasteiger partial charge in [-0.1, -0.05) is 0 Å². The number of carbonyl (C=O) groups excluding carboxylic acids is 1. The number of nitrogens with zero attached hydrogens (tertiary/aromatic N) is 4. The standard InChI is InChI=1S/C18H18F3N5OS/c1-12-5-6-28-16(12)8-25(2)9-17(27)24-14-7-13(18(19,20)21)3-4-15(14)26-11-22-10-23-26/h3-7,10-11H,8-9H2,1-2H3,(H,24,27). The van der Waals surface area contributed by atoms with E-state index in [0.29, 0.717) is 12.2 Å². The number of benzene rings is 1. The van der Waals surface area contributed by atoms with Crippen molar-refractivity contribution in [3.05, 3.63) is 58.3 Å². The van der Waals surface area contributed by atoms with Gasteiger partial charge >= 0.3 is 6.18 Å². The van der Waals surface area contributed by atoms with Crippen molar-refractivity contribution in [2.24, 2.45) is 0 Å². The van der Waals surface area contributed by atoms with Crippen molar-refractivity contribution in [2.45, 2.75) is 19.6 Å². The number of carbonyl (C=O) groups is 1. The summed E-state index contributed by atoms with van der Waals surface area (Å²) in [5.74, 6) is -0.419. The minimum atomic E-state index is -4.52. The summed E-state index contributed by atoms with van der Waals surface area (Å²) >= 11 is 1.60. The molecule has 1 amide bonds. The van der Waals surface area contributed by atoms with Gasteiger partial charge in [-0.3, -0.25) is 9.69 Å². The van der Waals surface area contributed by atoms with Crippen LogP contribution < -0.4 is 5.32 Å². The van der Waals surface area contributed by atoms with Crippen LogP contribution in [-0.2, 0) is 17.5 Å². The average molecular weight is 409 g/mol. The first kappa shape index (κ1) is 20.0. The van der Waals surface area contributed by atoms with Gasteiger partial charge in [-0.05, 0) is 49.2 Å². The smallest absolute Gasteiger partial charge is 0.323 e. The van der Waals surface area contributed by atoms with Gasteiger partial charge in [0.15, 0.2) is 0 Å². The summed E-state index contributed by atoms with van der Waals surface area (Å²) in [5, 5.41) is 8.48. The molecule has 10 heteroatoms. The monoisotopic (exact) mass is 409 g/mol. The van der Waals surface area contributed by atoms with Gasteiger partial charge in [0.25, 0.3) is 0 Å². The predicted molar refractivity (Wildman–Crippen MR) is 100 cm³/mol. The molecule has 0 saturated carbocycles. The third-order valence-corrected chi connectivity index (χ3v) is 5.07. The Labute approximate surface area is 163 Å². The number of aryl methyl sites for hydroxylation is 1. The second kappa shape index (κ2) is 8.11. The van der Waals surface area contributed by atoms with Gasteiger partial charge in [0.1, 0.15) is 12.7 Å². The zero-order valence-corrected chi connectivity index (χ0v) is 16.0. The molecular weight excluding hydrogens is 391 g/mol. The summed E-state index contributed by atoms with van der Waals surface area (Å²) in [4.78, 5) is 19.2. The molecule has 148 valence electrons. The summed E-state index contributed by atoms with van der Waals surface area (Å²) in [5.41, 5.74) is 0.611. The molecule has 2 aromatic heterocycles. The third kappa shape index (κ3) is 4.76. The van der Waals surface area contributed by atoms with Crippen LogP contribution in [0, 0.1) is 6.92 Å². The Balaban J connectivity index is 1.77. The van der Waals surface area contributed by atoms with Gasteiger partial charge in [-0.25, -0.2) is 9.67 Å². The van der Waals surface area contributed by atoms with Crippen LogP contribution in [0.1, 0.15) is 16.0 Å². The fourth-order valence-electron chi connectivity index (χ4n) is 2.65. The molecule has 3 aromatic rings. The van der Waals surface area contributed by atoms with E-state index in [1.165, 1.54) is 23.4 Å². The molecule has 0 radical (unpaired) electrons. The van der Waals surface area contributed by atoms with Crippen LogP contribution in [-0.4, -0.2) is 39.2 Å². The van der Waals surface area contributed by atoms with E-state index >= 15 is 0 Å². The Bertz CT molecular complexity index is 953. The van der Waals surface area contributed by atoms with Crippen molar-refractivity contribution in [3.8, 4) is 5.69 Å². The number of alkyl halides is 3. The molecule has 6 nitrogen and oxygen atoms in total. The van der Waals surface area contributed by atoms with Crippen LogP contribution in [0.4, 0.5) is 18.9 Å². The first-order valence-corrected chi connectivity index (χ1v) is 9.19. The van der Waals surface area contributed by atoms with Gasteiger partial charge in [0.05, 0.1) is 23.5 Å². The van der Waals surface area contributed by atoms with Crippen molar-refractivity contribution in [1.29, 1.82) is 0 Å². The normalized spacial score (nSPS) is 11.8. The molecular formula is C18H18F3N5OS. The molecule has 0 aliphatic rings. The Hall–Kier alpha value is -2.72. The number of rotatable bonds is 6. The van der Waals surface area contributed by atoms with Gasteiger partial charge in [-0.2, -0.15) is 18.3 Å². The number of thiophene rings is 1. The molecule has 0 atom stereocenters. The number of likely N-dealkylation sites (N-methyl/N-ethyl adjacent to an activating group) is 1. The molecule has 0 aliphatic carbocycles. The summed E-state index contributed by atoms with van der Waals surface area (Å²) in [6.07, 6.45) is -1.90. The van der Waals surface area contributed by atoms with E-state index in [4.69, 9.17) is 0 Å². The third-order valence-electron chi connectivity index (χ3n) is 4.06. The summed E-state index contributed by atoms with van der Waals surface area (Å²) < 4.78 is 40.6. The maximum Gasteiger partial charge on any atom is 0.416 e. The number of hydrogen-bond donors (Lipinski definition) is 1. The molecule has 3 rings (SSSR count). The minimum Gasteiger partial charge on any atom is -0.323 e. The SMILES string of the molecule is Cc1ccsc1CN(C)CC(=O)Nc1cc(C(F)(F)F)ccc1-n1cncn1. The molecule has 0 unspecified atom stereocenters. The molecule has 0 bridgehead atoms. The average Bonchev–Trinajstić information content (AvgIpc) is 3.26. The zero-order valence-electron chi connectivity index (χ0n) is 15.2. The lowest BCUT2D eigenvalue weighted by molar-refractivity contribution is -0.137. The Morgan fingerprint density at radius 2 is 2.11 bits per heavy atom. The van der Waals surface area contributed by atoms with Crippen molar-refractivity contribution in [2.75, 3.05) is 18.9 Å². The lowest BCUT2D eigenvalue weighted by Gasteiger charge is -2.18. The Morgan fingerprint density at radius 3 is 2.71 bits per heavy atom. The quantitative estimate of drug-likeness (QED) is 0.674. The van der Waals surface area contributed by atoms with Crippen LogP contribution in [0.3, 0.4) is 0 Å². The highest BCUT2D eigenvalue weighted by atomic mass is 32.1. The summed E-state index contributed by atoms with van der Waals surface area (Å²) in [6, 6.07) is 5.10. The molecule has 1 N–H and O–H groups in total. The summed E-state index contributed by atoms with van der Waals surface area (Å²) in [7, 11) is 1.78. The molecule has 1 aromatic carbocycles. The first-order chi connectivity index (χ1) is 13.2.